The van der Waals surface area contributed by atoms with Gasteiger partial charge in [-0.3, -0.25) is 4.90 Å². The van der Waals surface area contributed by atoms with Crippen LogP contribution < -0.4 is 9.47 Å². The molecule has 0 amide bonds. The second kappa shape index (κ2) is 8.37. The molecule has 2 aliphatic rings. The summed E-state index contributed by atoms with van der Waals surface area (Å²) < 4.78 is 11.2. The van der Waals surface area contributed by atoms with E-state index in [0.29, 0.717) is 0 Å². The second-order valence-electron chi connectivity index (χ2n) is 8.71. The minimum Gasteiger partial charge on any atom is -0.497 e. The Bertz CT molecular complexity index is 834. The molecule has 1 aliphatic carbocycles. The molecule has 1 N–H and O–H groups in total. The predicted octanol–water partition coefficient (Wildman–Crippen LogP) is 4.88. The highest BCUT2D eigenvalue weighted by atomic mass is 16.5. The number of aryl methyl sites for hydroxylation is 1. The van der Waals surface area contributed by atoms with Gasteiger partial charge in [-0.05, 0) is 37.8 Å². The zero-order valence-electron chi connectivity index (χ0n) is 17.9. The fourth-order valence-electron chi connectivity index (χ4n) is 5.32. The lowest BCUT2D eigenvalue weighted by Crippen LogP contribution is -2.54. The monoisotopic (exact) mass is 395 g/mol. The summed E-state index contributed by atoms with van der Waals surface area (Å²) in [5.41, 5.74) is 3.18. The van der Waals surface area contributed by atoms with E-state index in [9.17, 15) is 5.11 Å². The lowest BCUT2D eigenvalue weighted by Gasteiger charge is -2.53. The van der Waals surface area contributed by atoms with Gasteiger partial charge in [-0.15, -0.1) is 0 Å². The van der Waals surface area contributed by atoms with Gasteiger partial charge in [0.2, 0.25) is 0 Å². The first-order valence-electron chi connectivity index (χ1n) is 10.8. The van der Waals surface area contributed by atoms with E-state index in [2.05, 4.69) is 42.2 Å². The number of piperidine rings is 1. The van der Waals surface area contributed by atoms with Crippen LogP contribution in [0, 0.1) is 12.8 Å². The summed E-state index contributed by atoms with van der Waals surface area (Å²) in [6.07, 6.45) is 5.11. The summed E-state index contributed by atoms with van der Waals surface area (Å²) in [5, 5.41) is 11.5. The fourth-order valence-corrected chi connectivity index (χ4v) is 5.32. The summed E-state index contributed by atoms with van der Waals surface area (Å²) in [5.74, 6) is 1.86. The summed E-state index contributed by atoms with van der Waals surface area (Å²) in [4.78, 5) is 2.54. The molecule has 2 aromatic rings. The molecule has 0 unspecified atom stereocenters. The molecule has 2 aromatic carbocycles. The molecule has 4 heteroatoms. The van der Waals surface area contributed by atoms with E-state index in [4.69, 9.17) is 9.47 Å². The number of benzene rings is 2. The molecule has 1 heterocycles. The van der Waals surface area contributed by atoms with Crippen molar-refractivity contribution in [3.63, 3.8) is 0 Å². The molecular formula is C25H33NO3. The van der Waals surface area contributed by atoms with E-state index in [1.54, 1.807) is 14.2 Å². The third-order valence-electron chi connectivity index (χ3n) is 6.94. The van der Waals surface area contributed by atoms with Crippen LogP contribution in [0.1, 0.15) is 54.8 Å². The molecule has 0 spiro atoms. The molecule has 2 fully saturated rings. The largest absolute Gasteiger partial charge is 0.497 e. The molecule has 156 valence electrons. The van der Waals surface area contributed by atoms with Crippen molar-refractivity contribution in [2.75, 3.05) is 20.8 Å². The van der Waals surface area contributed by atoms with Gasteiger partial charge in [-0.2, -0.15) is 0 Å². The summed E-state index contributed by atoms with van der Waals surface area (Å²) in [7, 11) is 3.40. The van der Waals surface area contributed by atoms with Crippen LogP contribution in [0.3, 0.4) is 0 Å². The number of rotatable bonds is 5. The Balaban J connectivity index is 1.73. The molecule has 0 aromatic heterocycles. The number of hydrogen-bond donors (Lipinski definition) is 1. The first-order valence-corrected chi connectivity index (χ1v) is 10.8. The summed E-state index contributed by atoms with van der Waals surface area (Å²) >= 11 is 0. The lowest BCUT2D eigenvalue weighted by molar-refractivity contribution is -0.126. The summed E-state index contributed by atoms with van der Waals surface area (Å²) in [6, 6.07) is 15.0. The zero-order valence-corrected chi connectivity index (χ0v) is 17.9. The Kier molecular flexibility index (Phi) is 5.84. The third-order valence-corrected chi connectivity index (χ3v) is 6.94. The molecule has 0 bridgehead atoms. The Morgan fingerprint density at radius 2 is 1.83 bits per heavy atom. The first-order chi connectivity index (χ1) is 14.0. The van der Waals surface area contributed by atoms with Gasteiger partial charge < -0.3 is 14.6 Å². The van der Waals surface area contributed by atoms with Gasteiger partial charge in [0.1, 0.15) is 11.5 Å². The Morgan fingerprint density at radius 1 is 1.03 bits per heavy atom. The standard InChI is InChI=1S/C25H33NO3/c1-18-7-9-19(10-8-18)17-26-15-14-25(27)13-5-4-6-22(25)24(26)21-12-11-20(28-2)16-23(21)29-3/h7-12,16,22,24,27H,4-6,13-15,17H2,1-3H3/t22-,24-,25+/m0/s1. The minimum absolute atomic E-state index is 0.135. The number of methoxy groups -OCH3 is 2. The van der Waals surface area contributed by atoms with E-state index < -0.39 is 5.60 Å². The average molecular weight is 396 g/mol. The maximum atomic E-state index is 11.5. The van der Waals surface area contributed by atoms with Gasteiger partial charge in [0.25, 0.3) is 0 Å². The number of fused-ring (bicyclic) bond motifs is 1. The molecule has 1 aliphatic heterocycles. The quantitative estimate of drug-likeness (QED) is 0.783. The summed E-state index contributed by atoms with van der Waals surface area (Å²) in [6.45, 7) is 3.89. The minimum atomic E-state index is -0.572. The van der Waals surface area contributed by atoms with Gasteiger partial charge in [-0.1, -0.05) is 48.7 Å². The van der Waals surface area contributed by atoms with Crippen LogP contribution >= 0.6 is 0 Å². The Morgan fingerprint density at radius 3 is 2.55 bits per heavy atom. The average Bonchev–Trinajstić information content (AvgIpc) is 2.75. The van der Waals surface area contributed by atoms with Crippen molar-refractivity contribution in [1.29, 1.82) is 0 Å². The molecule has 4 rings (SSSR count). The maximum absolute atomic E-state index is 11.5. The van der Waals surface area contributed by atoms with Gasteiger partial charge >= 0.3 is 0 Å². The van der Waals surface area contributed by atoms with E-state index in [0.717, 1.165) is 55.8 Å². The van der Waals surface area contributed by atoms with E-state index in [1.807, 2.05) is 12.1 Å². The van der Waals surface area contributed by atoms with E-state index >= 15 is 0 Å². The van der Waals surface area contributed by atoms with Crippen molar-refractivity contribution in [3.05, 3.63) is 59.2 Å². The number of ether oxygens (including phenoxy) is 2. The van der Waals surface area contributed by atoms with Crippen LogP contribution in [0.2, 0.25) is 0 Å². The molecule has 4 nitrogen and oxygen atoms in total. The van der Waals surface area contributed by atoms with Crippen molar-refractivity contribution >= 4 is 0 Å². The molecule has 1 saturated heterocycles. The smallest absolute Gasteiger partial charge is 0.127 e. The Hall–Kier alpha value is -2.04. The lowest BCUT2D eigenvalue weighted by atomic mass is 9.66. The second-order valence-corrected chi connectivity index (χ2v) is 8.71. The van der Waals surface area contributed by atoms with Gasteiger partial charge in [0.05, 0.1) is 19.8 Å². The number of nitrogens with zero attached hydrogens (tertiary/aromatic N) is 1. The SMILES string of the molecule is COc1ccc([C@H]2[C@@H]3CCCC[C@@]3(O)CCN2Cc2ccc(C)cc2)c(OC)c1. The highest BCUT2D eigenvalue weighted by Gasteiger charge is 2.49. The van der Waals surface area contributed by atoms with Crippen molar-refractivity contribution in [3.8, 4) is 11.5 Å². The number of hydrogen-bond acceptors (Lipinski definition) is 4. The van der Waals surface area contributed by atoms with Crippen LogP contribution in [0.25, 0.3) is 0 Å². The maximum Gasteiger partial charge on any atom is 0.127 e. The van der Waals surface area contributed by atoms with Gasteiger partial charge in [0.15, 0.2) is 0 Å². The van der Waals surface area contributed by atoms with Crippen molar-refractivity contribution < 1.29 is 14.6 Å². The molecule has 0 radical (unpaired) electrons. The van der Waals surface area contributed by atoms with E-state index in [1.165, 1.54) is 17.5 Å². The predicted molar refractivity (Wildman–Crippen MR) is 115 cm³/mol. The first kappa shape index (κ1) is 20.2. The topological polar surface area (TPSA) is 41.9 Å². The molecule has 29 heavy (non-hydrogen) atoms. The molecular weight excluding hydrogens is 362 g/mol. The van der Waals surface area contributed by atoms with E-state index in [-0.39, 0.29) is 12.0 Å². The van der Waals surface area contributed by atoms with Crippen LogP contribution in [0.5, 0.6) is 11.5 Å². The normalized spacial score (nSPS) is 27.3. The number of aliphatic hydroxyl groups is 1. The Labute approximate surface area is 174 Å². The van der Waals surface area contributed by atoms with Gasteiger partial charge in [0, 0.05) is 36.7 Å². The zero-order chi connectivity index (χ0) is 20.4. The number of likely N-dealkylation sites (tertiary alicyclic amines) is 1. The van der Waals surface area contributed by atoms with Crippen LogP contribution in [0.4, 0.5) is 0 Å². The molecule has 1 saturated carbocycles. The van der Waals surface area contributed by atoms with Crippen molar-refractivity contribution in [2.24, 2.45) is 5.92 Å². The highest BCUT2D eigenvalue weighted by molar-refractivity contribution is 5.43. The molecule has 3 atom stereocenters. The third kappa shape index (κ3) is 4.01. The van der Waals surface area contributed by atoms with Crippen molar-refractivity contribution in [2.45, 2.75) is 57.2 Å². The van der Waals surface area contributed by atoms with Crippen LogP contribution in [-0.4, -0.2) is 36.4 Å². The van der Waals surface area contributed by atoms with Crippen LogP contribution in [-0.2, 0) is 6.54 Å². The fraction of sp³-hybridized carbons (Fsp3) is 0.520. The van der Waals surface area contributed by atoms with Crippen LogP contribution in [0.15, 0.2) is 42.5 Å². The van der Waals surface area contributed by atoms with Gasteiger partial charge in [-0.25, -0.2) is 0 Å². The van der Waals surface area contributed by atoms with Crippen molar-refractivity contribution in [1.82, 2.24) is 4.90 Å². The highest BCUT2D eigenvalue weighted by Crippen LogP contribution is 2.51.